The zero-order valence-electron chi connectivity index (χ0n) is 8.91. The van der Waals surface area contributed by atoms with E-state index in [-0.39, 0.29) is 13.2 Å². The van der Waals surface area contributed by atoms with Gasteiger partial charge in [-0.25, -0.2) is 4.98 Å². The molecule has 2 rings (SSSR count). The highest BCUT2D eigenvalue weighted by atomic mass is 19.4. The van der Waals surface area contributed by atoms with Crippen LogP contribution in [0.1, 0.15) is 12.0 Å². The van der Waals surface area contributed by atoms with E-state index >= 15 is 0 Å². The van der Waals surface area contributed by atoms with Gasteiger partial charge in [-0.05, 0) is 12.1 Å². The number of nitrogens with zero attached hydrogens (tertiary/aromatic N) is 2. The minimum atomic E-state index is -4.19. The standard InChI is InChI=1S/C11H11F3N2O/c12-11(13,14)3-5-16-6-8(7-17)9-2-1-4-15-10(9)16/h1-2,4,6,17H,3,5,7H2. The van der Waals surface area contributed by atoms with E-state index in [4.69, 9.17) is 5.11 Å². The third-order valence-electron chi connectivity index (χ3n) is 2.52. The summed E-state index contributed by atoms with van der Waals surface area (Å²) in [7, 11) is 0. The molecular weight excluding hydrogens is 233 g/mol. The van der Waals surface area contributed by atoms with Crippen molar-refractivity contribution < 1.29 is 18.3 Å². The Balaban J connectivity index is 2.34. The summed E-state index contributed by atoms with van der Waals surface area (Å²) in [5, 5.41) is 9.81. The molecule has 0 fully saturated rings. The fourth-order valence-electron chi connectivity index (χ4n) is 1.74. The van der Waals surface area contributed by atoms with Crippen molar-refractivity contribution in [3.63, 3.8) is 0 Å². The number of hydrogen-bond donors (Lipinski definition) is 1. The second-order valence-electron chi connectivity index (χ2n) is 3.75. The first-order chi connectivity index (χ1) is 8.01. The molecule has 0 saturated heterocycles. The highest BCUT2D eigenvalue weighted by molar-refractivity contribution is 5.80. The first kappa shape index (κ1) is 11.9. The van der Waals surface area contributed by atoms with Gasteiger partial charge in [0.2, 0.25) is 0 Å². The van der Waals surface area contributed by atoms with Crippen LogP contribution in [0.15, 0.2) is 24.5 Å². The smallest absolute Gasteiger partial charge is 0.390 e. The van der Waals surface area contributed by atoms with Gasteiger partial charge in [0.15, 0.2) is 0 Å². The number of alkyl halides is 3. The molecule has 92 valence electrons. The lowest BCUT2D eigenvalue weighted by molar-refractivity contribution is -0.136. The number of halogens is 3. The number of aryl methyl sites for hydroxylation is 1. The lowest BCUT2D eigenvalue weighted by Gasteiger charge is -2.07. The summed E-state index contributed by atoms with van der Waals surface area (Å²) in [4.78, 5) is 4.03. The highest BCUT2D eigenvalue weighted by Gasteiger charge is 2.27. The molecule has 0 spiro atoms. The van der Waals surface area contributed by atoms with Gasteiger partial charge in [0.05, 0.1) is 13.0 Å². The molecule has 0 aliphatic rings. The number of aromatic nitrogens is 2. The molecule has 0 amide bonds. The molecule has 6 heteroatoms. The zero-order valence-corrected chi connectivity index (χ0v) is 8.91. The molecule has 0 aliphatic carbocycles. The summed E-state index contributed by atoms with van der Waals surface area (Å²) in [5.74, 6) is 0. The molecule has 17 heavy (non-hydrogen) atoms. The Morgan fingerprint density at radius 3 is 2.76 bits per heavy atom. The van der Waals surface area contributed by atoms with Crippen molar-refractivity contribution in [1.82, 2.24) is 9.55 Å². The molecule has 0 unspecified atom stereocenters. The van der Waals surface area contributed by atoms with Crippen molar-refractivity contribution >= 4 is 11.0 Å². The number of fused-ring (bicyclic) bond motifs is 1. The zero-order chi connectivity index (χ0) is 12.5. The Kier molecular flexibility index (Phi) is 3.06. The van der Waals surface area contributed by atoms with Crippen molar-refractivity contribution in [2.24, 2.45) is 0 Å². The Hall–Kier alpha value is -1.56. The van der Waals surface area contributed by atoms with Crippen LogP contribution in [0.3, 0.4) is 0 Å². The maximum atomic E-state index is 12.1. The molecule has 2 aromatic rings. The van der Waals surface area contributed by atoms with Gasteiger partial charge in [0.25, 0.3) is 0 Å². The summed E-state index contributed by atoms with van der Waals surface area (Å²) in [5.41, 5.74) is 1.07. The van der Waals surface area contributed by atoms with Crippen LogP contribution in [0, 0.1) is 0 Å². The Morgan fingerprint density at radius 2 is 2.12 bits per heavy atom. The number of hydrogen-bond acceptors (Lipinski definition) is 2. The van der Waals surface area contributed by atoms with Crippen LogP contribution < -0.4 is 0 Å². The molecule has 0 aromatic carbocycles. The average molecular weight is 244 g/mol. The topological polar surface area (TPSA) is 38.0 Å². The fraction of sp³-hybridized carbons (Fsp3) is 0.364. The minimum absolute atomic E-state index is 0.184. The molecule has 1 N–H and O–H groups in total. The van der Waals surface area contributed by atoms with E-state index in [1.165, 1.54) is 17.0 Å². The summed E-state index contributed by atoms with van der Waals surface area (Å²) in [6, 6.07) is 3.42. The van der Waals surface area contributed by atoms with Gasteiger partial charge >= 0.3 is 6.18 Å². The Bertz CT molecular complexity index is 519. The van der Waals surface area contributed by atoms with Crippen LogP contribution in [0.5, 0.6) is 0 Å². The Morgan fingerprint density at radius 1 is 1.35 bits per heavy atom. The lowest BCUT2D eigenvalue weighted by atomic mass is 10.2. The van der Waals surface area contributed by atoms with E-state index in [9.17, 15) is 13.2 Å². The van der Waals surface area contributed by atoms with Gasteiger partial charge in [-0.3, -0.25) is 0 Å². The number of aliphatic hydroxyl groups is 1. The number of pyridine rings is 1. The summed E-state index contributed by atoms with van der Waals surface area (Å²) in [6.45, 7) is -0.391. The largest absolute Gasteiger partial charge is 0.392 e. The van der Waals surface area contributed by atoms with Gasteiger partial charge < -0.3 is 9.67 Å². The van der Waals surface area contributed by atoms with Crippen molar-refractivity contribution in [2.45, 2.75) is 25.7 Å². The van der Waals surface area contributed by atoms with Crippen molar-refractivity contribution in [3.05, 3.63) is 30.1 Å². The first-order valence-corrected chi connectivity index (χ1v) is 5.11. The molecule has 0 aliphatic heterocycles. The summed E-state index contributed by atoms with van der Waals surface area (Å²) in [6.07, 6.45) is -2.06. The van der Waals surface area contributed by atoms with Crippen molar-refractivity contribution in [2.75, 3.05) is 0 Å². The monoisotopic (exact) mass is 244 g/mol. The quantitative estimate of drug-likeness (QED) is 0.900. The van der Waals surface area contributed by atoms with Gasteiger partial charge in [0, 0.05) is 29.9 Å². The van der Waals surface area contributed by atoms with E-state index in [0.29, 0.717) is 16.6 Å². The van der Waals surface area contributed by atoms with E-state index in [2.05, 4.69) is 4.98 Å². The predicted octanol–water partition coefficient (Wildman–Crippen LogP) is 2.48. The normalized spacial score (nSPS) is 12.2. The molecule has 0 bridgehead atoms. The van der Waals surface area contributed by atoms with E-state index < -0.39 is 12.6 Å². The number of aliphatic hydroxyl groups excluding tert-OH is 1. The van der Waals surface area contributed by atoms with Gasteiger partial charge in [-0.15, -0.1) is 0 Å². The Labute approximate surface area is 95.5 Å². The van der Waals surface area contributed by atoms with E-state index in [0.717, 1.165) is 0 Å². The van der Waals surface area contributed by atoms with Crippen LogP contribution in [0.25, 0.3) is 11.0 Å². The van der Waals surface area contributed by atoms with Crippen LogP contribution >= 0.6 is 0 Å². The number of rotatable bonds is 3. The first-order valence-electron chi connectivity index (χ1n) is 5.11. The van der Waals surface area contributed by atoms with Crippen LogP contribution in [-0.2, 0) is 13.2 Å². The van der Waals surface area contributed by atoms with Crippen LogP contribution in [0.4, 0.5) is 13.2 Å². The SMILES string of the molecule is OCc1cn(CCC(F)(F)F)c2ncccc12. The molecule has 0 radical (unpaired) electrons. The maximum absolute atomic E-state index is 12.1. The summed E-state index contributed by atoms with van der Waals surface area (Å²) < 4.78 is 37.9. The molecule has 3 nitrogen and oxygen atoms in total. The molecular formula is C11H11F3N2O. The molecule has 2 heterocycles. The molecule has 0 saturated carbocycles. The lowest BCUT2D eigenvalue weighted by Crippen LogP contribution is -2.11. The molecule has 2 aromatic heterocycles. The van der Waals surface area contributed by atoms with Crippen LogP contribution in [0.2, 0.25) is 0 Å². The van der Waals surface area contributed by atoms with Gasteiger partial charge in [-0.1, -0.05) is 0 Å². The van der Waals surface area contributed by atoms with Crippen molar-refractivity contribution in [1.29, 1.82) is 0 Å². The van der Waals surface area contributed by atoms with Gasteiger partial charge in [-0.2, -0.15) is 13.2 Å². The third kappa shape index (κ3) is 2.58. The maximum Gasteiger partial charge on any atom is 0.390 e. The van der Waals surface area contributed by atoms with Crippen molar-refractivity contribution in [3.8, 4) is 0 Å². The van der Waals surface area contributed by atoms with Crippen LogP contribution in [-0.4, -0.2) is 20.8 Å². The average Bonchev–Trinajstić information content (AvgIpc) is 2.64. The fourth-order valence-corrected chi connectivity index (χ4v) is 1.74. The van der Waals surface area contributed by atoms with E-state index in [1.54, 1.807) is 12.1 Å². The highest BCUT2D eigenvalue weighted by Crippen LogP contribution is 2.24. The second-order valence-corrected chi connectivity index (χ2v) is 3.75. The van der Waals surface area contributed by atoms with Gasteiger partial charge in [0.1, 0.15) is 5.65 Å². The summed E-state index contributed by atoms with van der Waals surface area (Å²) >= 11 is 0. The minimum Gasteiger partial charge on any atom is -0.392 e. The predicted molar refractivity (Wildman–Crippen MR) is 56.3 cm³/mol. The second kappa shape index (κ2) is 4.37. The molecule has 0 atom stereocenters. The third-order valence-corrected chi connectivity index (χ3v) is 2.52. The van der Waals surface area contributed by atoms with E-state index in [1.807, 2.05) is 0 Å².